The lowest BCUT2D eigenvalue weighted by Gasteiger charge is -2.35. The van der Waals surface area contributed by atoms with Crippen LogP contribution in [0.3, 0.4) is 0 Å². The summed E-state index contributed by atoms with van der Waals surface area (Å²) >= 11 is 1.78. The van der Waals surface area contributed by atoms with Crippen LogP contribution in [0.25, 0.3) is 0 Å². The maximum absolute atomic E-state index is 6.24. The van der Waals surface area contributed by atoms with Crippen molar-refractivity contribution in [1.29, 1.82) is 0 Å². The fourth-order valence-electron chi connectivity index (χ4n) is 1.99. The van der Waals surface area contributed by atoms with Crippen LogP contribution in [0.2, 0.25) is 18.1 Å². The van der Waals surface area contributed by atoms with Gasteiger partial charge in [0.2, 0.25) is 0 Å². The molecule has 0 aromatic carbocycles. The summed E-state index contributed by atoms with van der Waals surface area (Å²) < 4.78 is 11.7. The van der Waals surface area contributed by atoms with E-state index in [9.17, 15) is 0 Å². The Morgan fingerprint density at radius 1 is 1.35 bits per heavy atom. The third-order valence-electron chi connectivity index (χ3n) is 4.53. The van der Waals surface area contributed by atoms with Crippen LogP contribution < -0.4 is 0 Å². The van der Waals surface area contributed by atoms with E-state index >= 15 is 0 Å². The van der Waals surface area contributed by atoms with Crippen molar-refractivity contribution in [2.24, 2.45) is 0 Å². The highest BCUT2D eigenvalue weighted by Gasteiger charge is 2.37. The Hall–Kier alpha value is -0.233. The molecule has 0 atom stereocenters. The Kier molecular flexibility index (Phi) is 5.05. The minimum atomic E-state index is -1.67. The van der Waals surface area contributed by atoms with Gasteiger partial charge in [-0.1, -0.05) is 20.8 Å². The zero-order valence-electron chi connectivity index (χ0n) is 13.4. The van der Waals surface area contributed by atoms with Gasteiger partial charge in [-0.2, -0.15) is 0 Å². The molecule has 0 aliphatic carbocycles. The van der Waals surface area contributed by atoms with Crippen molar-refractivity contribution in [3.8, 4) is 0 Å². The second kappa shape index (κ2) is 6.26. The Bertz CT molecular complexity index is 433. The Morgan fingerprint density at radius 2 is 2.00 bits per heavy atom. The molecule has 1 aliphatic heterocycles. The average molecular weight is 314 g/mol. The van der Waals surface area contributed by atoms with Gasteiger partial charge in [-0.15, -0.1) is 11.3 Å². The summed E-state index contributed by atoms with van der Waals surface area (Å²) in [5.41, 5.74) is 1.10. The summed E-state index contributed by atoms with van der Waals surface area (Å²) in [6.45, 7) is 13.8. The molecule has 0 saturated carbocycles. The first kappa shape index (κ1) is 16.1. The summed E-state index contributed by atoms with van der Waals surface area (Å²) in [5.74, 6) is 0.593. The standard InChI is InChI=1S/C15H27NO2SSi/c1-15(2,3)20(4,5)18-10-13-11-19-14(16-13)12-6-8-17-9-7-12/h11-12H,6-10H2,1-5H3. The van der Waals surface area contributed by atoms with E-state index in [0.29, 0.717) is 12.5 Å². The first-order chi connectivity index (χ1) is 9.29. The van der Waals surface area contributed by atoms with Crippen LogP contribution in [0.15, 0.2) is 5.38 Å². The van der Waals surface area contributed by atoms with E-state index in [1.54, 1.807) is 11.3 Å². The van der Waals surface area contributed by atoms with E-state index in [1.807, 2.05) is 0 Å². The molecular formula is C15H27NO2SSi. The number of nitrogens with zero attached hydrogens (tertiary/aromatic N) is 1. The van der Waals surface area contributed by atoms with Gasteiger partial charge in [0.15, 0.2) is 8.32 Å². The molecule has 2 rings (SSSR count). The van der Waals surface area contributed by atoms with Gasteiger partial charge in [0, 0.05) is 24.5 Å². The fraction of sp³-hybridized carbons (Fsp3) is 0.800. The quantitative estimate of drug-likeness (QED) is 0.764. The van der Waals surface area contributed by atoms with Crippen molar-refractivity contribution < 1.29 is 9.16 Å². The van der Waals surface area contributed by atoms with E-state index in [2.05, 4.69) is 39.2 Å². The molecule has 0 amide bonds. The van der Waals surface area contributed by atoms with Crippen LogP contribution in [-0.4, -0.2) is 26.5 Å². The van der Waals surface area contributed by atoms with Crippen molar-refractivity contribution >= 4 is 19.7 Å². The smallest absolute Gasteiger partial charge is 0.192 e. The van der Waals surface area contributed by atoms with Gasteiger partial charge < -0.3 is 9.16 Å². The molecule has 20 heavy (non-hydrogen) atoms. The maximum Gasteiger partial charge on any atom is 0.192 e. The molecule has 2 heterocycles. The van der Waals surface area contributed by atoms with Gasteiger partial charge in [0.1, 0.15) is 0 Å². The Balaban J connectivity index is 1.93. The SMILES string of the molecule is CC(C)(C)[Si](C)(C)OCc1csc(C2CCOCC2)n1. The molecule has 114 valence electrons. The molecule has 1 saturated heterocycles. The number of hydrogen-bond acceptors (Lipinski definition) is 4. The predicted octanol–water partition coefficient (Wildman–Crippen LogP) is 4.56. The van der Waals surface area contributed by atoms with Gasteiger partial charge in [0.05, 0.1) is 17.3 Å². The molecule has 0 N–H and O–H groups in total. The lowest BCUT2D eigenvalue weighted by atomic mass is 10.0. The lowest BCUT2D eigenvalue weighted by molar-refractivity contribution is 0.0852. The molecule has 1 aromatic rings. The molecule has 1 aromatic heterocycles. The number of ether oxygens (including phenoxy) is 1. The molecule has 0 spiro atoms. The van der Waals surface area contributed by atoms with E-state index in [4.69, 9.17) is 14.1 Å². The number of aromatic nitrogens is 1. The van der Waals surface area contributed by atoms with E-state index in [0.717, 1.165) is 31.7 Å². The average Bonchev–Trinajstić information content (AvgIpc) is 2.85. The summed E-state index contributed by atoms with van der Waals surface area (Å²) in [6.07, 6.45) is 2.21. The third kappa shape index (κ3) is 3.90. The molecule has 0 bridgehead atoms. The van der Waals surface area contributed by atoms with Crippen molar-refractivity contribution in [1.82, 2.24) is 4.98 Å². The number of rotatable bonds is 4. The summed E-state index contributed by atoms with van der Waals surface area (Å²) in [6, 6.07) is 0. The fourth-order valence-corrected chi connectivity index (χ4v) is 3.91. The minimum absolute atomic E-state index is 0.257. The topological polar surface area (TPSA) is 31.4 Å². The second-order valence-corrected chi connectivity index (χ2v) is 12.8. The van der Waals surface area contributed by atoms with Gasteiger partial charge >= 0.3 is 0 Å². The van der Waals surface area contributed by atoms with Crippen LogP contribution >= 0.6 is 11.3 Å². The summed E-state index contributed by atoms with van der Waals surface area (Å²) in [7, 11) is -1.67. The highest BCUT2D eigenvalue weighted by molar-refractivity contribution is 7.09. The maximum atomic E-state index is 6.24. The first-order valence-corrected chi connectivity index (χ1v) is 11.2. The van der Waals surface area contributed by atoms with Crippen molar-refractivity contribution in [3.63, 3.8) is 0 Å². The van der Waals surface area contributed by atoms with E-state index in [-0.39, 0.29) is 5.04 Å². The van der Waals surface area contributed by atoms with Crippen molar-refractivity contribution in [2.75, 3.05) is 13.2 Å². The number of thiazole rings is 1. The number of hydrogen-bond donors (Lipinski definition) is 0. The third-order valence-corrected chi connectivity index (χ3v) is 10.1. The van der Waals surface area contributed by atoms with Gasteiger partial charge in [-0.05, 0) is 31.0 Å². The molecule has 3 nitrogen and oxygen atoms in total. The summed E-state index contributed by atoms with van der Waals surface area (Å²) in [4.78, 5) is 4.78. The van der Waals surface area contributed by atoms with Crippen LogP contribution in [0.5, 0.6) is 0 Å². The van der Waals surface area contributed by atoms with Crippen LogP contribution in [-0.2, 0) is 15.8 Å². The Labute approximate surface area is 127 Å². The zero-order valence-corrected chi connectivity index (χ0v) is 15.2. The minimum Gasteiger partial charge on any atom is -0.411 e. The molecule has 0 radical (unpaired) electrons. The van der Waals surface area contributed by atoms with Crippen LogP contribution in [0, 0.1) is 0 Å². The molecule has 1 aliphatic rings. The monoisotopic (exact) mass is 313 g/mol. The van der Waals surface area contributed by atoms with Crippen molar-refractivity contribution in [3.05, 3.63) is 16.1 Å². The molecule has 5 heteroatoms. The van der Waals surface area contributed by atoms with Crippen LogP contribution in [0.4, 0.5) is 0 Å². The van der Waals surface area contributed by atoms with Gasteiger partial charge in [-0.25, -0.2) is 4.98 Å². The van der Waals surface area contributed by atoms with Crippen molar-refractivity contribution in [2.45, 2.75) is 64.3 Å². The van der Waals surface area contributed by atoms with Crippen LogP contribution in [0.1, 0.15) is 50.2 Å². The highest BCUT2D eigenvalue weighted by atomic mass is 32.1. The van der Waals surface area contributed by atoms with Gasteiger partial charge in [-0.3, -0.25) is 0 Å². The Morgan fingerprint density at radius 3 is 2.60 bits per heavy atom. The van der Waals surface area contributed by atoms with Gasteiger partial charge in [0.25, 0.3) is 0 Å². The predicted molar refractivity (Wildman–Crippen MR) is 86.9 cm³/mol. The molecule has 0 unspecified atom stereocenters. The molecule has 1 fully saturated rings. The van der Waals surface area contributed by atoms with E-state index < -0.39 is 8.32 Å². The first-order valence-electron chi connectivity index (χ1n) is 7.45. The normalized spacial score (nSPS) is 18.4. The highest BCUT2D eigenvalue weighted by Crippen LogP contribution is 2.37. The second-order valence-electron chi connectivity index (χ2n) is 7.11. The van der Waals surface area contributed by atoms with E-state index in [1.165, 1.54) is 5.01 Å². The largest absolute Gasteiger partial charge is 0.411 e. The summed E-state index contributed by atoms with van der Waals surface area (Å²) in [5, 5.41) is 3.69. The zero-order chi connectivity index (χ0) is 14.8. The molecular weight excluding hydrogens is 286 g/mol. The lowest BCUT2D eigenvalue weighted by Crippen LogP contribution is -2.40.